The van der Waals surface area contributed by atoms with Crippen LogP contribution in [0.3, 0.4) is 0 Å². The van der Waals surface area contributed by atoms with Gasteiger partial charge in [0.15, 0.2) is 0 Å². The van der Waals surface area contributed by atoms with Crippen molar-refractivity contribution in [1.82, 2.24) is 10.2 Å². The Morgan fingerprint density at radius 3 is 2.62 bits per heavy atom. The van der Waals surface area contributed by atoms with Crippen LogP contribution in [-0.2, 0) is 6.61 Å². The van der Waals surface area contributed by atoms with Crippen molar-refractivity contribution in [3.05, 3.63) is 35.4 Å². The molecular formula is C15H20N2O4. The number of aliphatic hydroxyl groups is 1. The Labute approximate surface area is 123 Å². The van der Waals surface area contributed by atoms with Crippen LogP contribution in [0.5, 0.6) is 0 Å². The van der Waals surface area contributed by atoms with Gasteiger partial charge >= 0.3 is 6.09 Å². The van der Waals surface area contributed by atoms with Crippen LogP contribution >= 0.6 is 0 Å². The van der Waals surface area contributed by atoms with E-state index < -0.39 is 6.09 Å². The molecule has 0 bridgehead atoms. The minimum absolute atomic E-state index is 0.0885. The third kappa shape index (κ3) is 4.19. The van der Waals surface area contributed by atoms with Gasteiger partial charge < -0.3 is 20.4 Å². The van der Waals surface area contributed by atoms with Crippen molar-refractivity contribution in [2.45, 2.75) is 19.4 Å². The van der Waals surface area contributed by atoms with Crippen molar-refractivity contribution in [2.75, 3.05) is 19.6 Å². The van der Waals surface area contributed by atoms with E-state index in [0.717, 1.165) is 12.8 Å². The predicted molar refractivity (Wildman–Crippen MR) is 77.0 cm³/mol. The highest BCUT2D eigenvalue weighted by Gasteiger charge is 2.22. The topological polar surface area (TPSA) is 89.9 Å². The molecule has 114 valence electrons. The van der Waals surface area contributed by atoms with Gasteiger partial charge in [0, 0.05) is 25.2 Å². The molecule has 1 saturated heterocycles. The molecule has 1 fully saturated rings. The van der Waals surface area contributed by atoms with E-state index in [1.807, 2.05) is 0 Å². The summed E-state index contributed by atoms with van der Waals surface area (Å²) in [5, 5.41) is 20.8. The fourth-order valence-electron chi connectivity index (χ4n) is 2.48. The number of carbonyl (C=O) groups excluding carboxylic acids is 1. The first-order chi connectivity index (χ1) is 10.1. The van der Waals surface area contributed by atoms with Gasteiger partial charge in [-0.1, -0.05) is 12.1 Å². The first kappa shape index (κ1) is 15.3. The van der Waals surface area contributed by atoms with E-state index >= 15 is 0 Å². The molecule has 1 aliphatic rings. The van der Waals surface area contributed by atoms with Crippen LogP contribution in [0, 0.1) is 5.92 Å². The second kappa shape index (κ2) is 7.08. The fourth-order valence-corrected chi connectivity index (χ4v) is 2.48. The summed E-state index contributed by atoms with van der Waals surface area (Å²) >= 11 is 0. The van der Waals surface area contributed by atoms with Gasteiger partial charge in [-0.25, -0.2) is 4.79 Å². The summed E-state index contributed by atoms with van der Waals surface area (Å²) in [6.07, 6.45) is 0.658. The minimum atomic E-state index is -0.877. The van der Waals surface area contributed by atoms with Crippen molar-refractivity contribution in [1.29, 1.82) is 0 Å². The Balaban J connectivity index is 1.80. The van der Waals surface area contributed by atoms with E-state index in [1.165, 1.54) is 4.90 Å². The average Bonchev–Trinajstić information content (AvgIpc) is 2.53. The van der Waals surface area contributed by atoms with Gasteiger partial charge in [0.2, 0.25) is 0 Å². The fraction of sp³-hybridized carbons (Fsp3) is 0.467. The maximum Gasteiger partial charge on any atom is 0.407 e. The Kier molecular flexibility index (Phi) is 5.16. The van der Waals surface area contributed by atoms with Crippen LogP contribution in [0.4, 0.5) is 4.79 Å². The molecule has 0 aliphatic carbocycles. The summed E-state index contributed by atoms with van der Waals surface area (Å²) in [7, 11) is 0. The second-order valence-electron chi connectivity index (χ2n) is 5.28. The van der Waals surface area contributed by atoms with Crippen LogP contribution in [0.15, 0.2) is 24.3 Å². The number of hydrogen-bond acceptors (Lipinski definition) is 3. The lowest BCUT2D eigenvalue weighted by Crippen LogP contribution is -2.40. The molecular weight excluding hydrogens is 272 g/mol. The highest BCUT2D eigenvalue weighted by Crippen LogP contribution is 2.16. The van der Waals surface area contributed by atoms with E-state index in [0.29, 0.717) is 36.7 Å². The molecule has 0 aromatic heterocycles. The molecule has 6 heteroatoms. The first-order valence-electron chi connectivity index (χ1n) is 7.06. The first-order valence-corrected chi connectivity index (χ1v) is 7.06. The van der Waals surface area contributed by atoms with Gasteiger partial charge in [-0.05, 0) is 36.5 Å². The zero-order valence-corrected chi connectivity index (χ0v) is 11.8. The Bertz CT molecular complexity index is 510. The van der Waals surface area contributed by atoms with E-state index in [-0.39, 0.29) is 12.5 Å². The number of piperidine rings is 1. The number of likely N-dealkylation sites (tertiary alicyclic amines) is 1. The maximum absolute atomic E-state index is 12.0. The Morgan fingerprint density at radius 2 is 2.00 bits per heavy atom. The summed E-state index contributed by atoms with van der Waals surface area (Å²) < 4.78 is 0. The average molecular weight is 292 g/mol. The van der Waals surface area contributed by atoms with E-state index in [4.69, 9.17) is 10.2 Å². The molecule has 2 rings (SSSR count). The predicted octanol–water partition coefficient (Wildman–Crippen LogP) is 1.30. The third-order valence-electron chi connectivity index (χ3n) is 3.81. The summed E-state index contributed by atoms with van der Waals surface area (Å²) in [5.74, 6) is 0.150. The molecule has 6 nitrogen and oxygen atoms in total. The molecule has 0 unspecified atom stereocenters. The molecule has 1 aromatic rings. The lowest BCUT2D eigenvalue weighted by molar-refractivity contribution is 0.0928. The number of nitrogens with one attached hydrogen (secondary N) is 1. The van der Waals surface area contributed by atoms with E-state index in [2.05, 4.69) is 5.32 Å². The molecule has 1 aliphatic heterocycles. The number of carbonyl (C=O) groups is 2. The third-order valence-corrected chi connectivity index (χ3v) is 3.81. The number of amides is 2. The van der Waals surface area contributed by atoms with Crippen molar-refractivity contribution < 1.29 is 19.8 Å². The number of carboxylic acid groups (broad SMARTS) is 1. The lowest BCUT2D eigenvalue weighted by atomic mass is 9.97. The lowest BCUT2D eigenvalue weighted by Gasteiger charge is -2.29. The van der Waals surface area contributed by atoms with Gasteiger partial charge in [0.1, 0.15) is 0 Å². The zero-order chi connectivity index (χ0) is 15.2. The largest absolute Gasteiger partial charge is 0.465 e. The van der Waals surface area contributed by atoms with Crippen molar-refractivity contribution in [3.8, 4) is 0 Å². The number of aliphatic hydroxyl groups excluding tert-OH is 1. The highest BCUT2D eigenvalue weighted by atomic mass is 16.4. The number of rotatable bonds is 4. The van der Waals surface area contributed by atoms with Crippen LogP contribution in [0.2, 0.25) is 0 Å². The normalized spacial score (nSPS) is 15.8. The van der Waals surface area contributed by atoms with Crippen LogP contribution in [0.25, 0.3) is 0 Å². The minimum Gasteiger partial charge on any atom is -0.465 e. The molecule has 0 spiro atoms. The van der Waals surface area contributed by atoms with Crippen molar-refractivity contribution in [2.24, 2.45) is 5.92 Å². The van der Waals surface area contributed by atoms with Gasteiger partial charge in [0.05, 0.1) is 6.61 Å². The molecule has 0 atom stereocenters. The van der Waals surface area contributed by atoms with Gasteiger partial charge in [-0.15, -0.1) is 0 Å². The standard InChI is InChI=1S/C15H20N2O4/c18-10-12-2-1-3-13(8-12)14(19)16-9-11-4-6-17(7-5-11)15(20)21/h1-3,8,11,18H,4-7,9-10H2,(H,16,19)(H,20,21). The summed E-state index contributed by atoms with van der Waals surface area (Å²) in [4.78, 5) is 24.2. The number of nitrogens with zero attached hydrogens (tertiary/aromatic N) is 1. The van der Waals surface area contributed by atoms with E-state index in [9.17, 15) is 9.59 Å². The smallest absolute Gasteiger partial charge is 0.407 e. The number of benzene rings is 1. The van der Waals surface area contributed by atoms with Crippen LogP contribution in [-0.4, -0.2) is 46.7 Å². The summed E-state index contributed by atoms with van der Waals surface area (Å²) in [6, 6.07) is 6.88. The molecule has 2 amide bonds. The molecule has 0 saturated carbocycles. The summed E-state index contributed by atoms with van der Waals surface area (Å²) in [6.45, 7) is 1.51. The van der Waals surface area contributed by atoms with Gasteiger partial charge in [-0.2, -0.15) is 0 Å². The van der Waals surface area contributed by atoms with E-state index in [1.54, 1.807) is 24.3 Å². The molecule has 0 radical (unpaired) electrons. The Hall–Kier alpha value is -2.08. The highest BCUT2D eigenvalue weighted by molar-refractivity contribution is 5.94. The molecule has 1 heterocycles. The molecule has 1 aromatic carbocycles. The molecule has 21 heavy (non-hydrogen) atoms. The summed E-state index contributed by atoms with van der Waals surface area (Å²) in [5.41, 5.74) is 1.24. The molecule has 3 N–H and O–H groups in total. The zero-order valence-electron chi connectivity index (χ0n) is 11.8. The van der Waals surface area contributed by atoms with Gasteiger partial charge in [0.25, 0.3) is 5.91 Å². The SMILES string of the molecule is O=C(NCC1CCN(C(=O)O)CC1)c1cccc(CO)c1. The van der Waals surface area contributed by atoms with Crippen molar-refractivity contribution in [3.63, 3.8) is 0 Å². The Morgan fingerprint density at radius 1 is 1.29 bits per heavy atom. The second-order valence-corrected chi connectivity index (χ2v) is 5.28. The van der Waals surface area contributed by atoms with Gasteiger partial charge in [-0.3, -0.25) is 4.79 Å². The van der Waals surface area contributed by atoms with Crippen LogP contribution < -0.4 is 5.32 Å². The van der Waals surface area contributed by atoms with Crippen LogP contribution in [0.1, 0.15) is 28.8 Å². The number of hydrogen-bond donors (Lipinski definition) is 3. The monoisotopic (exact) mass is 292 g/mol. The van der Waals surface area contributed by atoms with Crippen molar-refractivity contribution >= 4 is 12.0 Å². The maximum atomic E-state index is 12.0. The quantitative estimate of drug-likeness (QED) is 0.780.